The van der Waals surface area contributed by atoms with E-state index in [1.165, 1.54) is 11.8 Å². The minimum Gasteiger partial charge on any atom is -0.372 e. The number of pyridine rings is 1. The van der Waals surface area contributed by atoms with E-state index in [1.54, 1.807) is 17.2 Å². The number of fused-ring (bicyclic) bond motifs is 2. The molecule has 3 aromatic carbocycles. The molecule has 66 heavy (non-hydrogen) atoms. The molecule has 2 amide bonds. The van der Waals surface area contributed by atoms with E-state index < -0.39 is 51.1 Å². The first kappa shape index (κ1) is 43.8. The van der Waals surface area contributed by atoms with E-state index in [2.05, 4.69) is 55.9 Å². The number of nitrogens with zero attached hydrogens (tertiary/aromatic N) is 5. The van der Waals surface area contributed by atoms with Crippen molar-refractivity contribution in [2.75, 3.05) is 55.4 Å². The largest absolute Gasteiger partial charge is 0.372 e. The quantitative estimate of drug-likeness (QED) is 0.117. The number of ketones is 1. The van der Waals surface area contributed by atoms with E-state index in [4.69, 9.17) is 0 Å². The Morgan fingerprint density at radius 3 is 2.39 bits per heavy atom. The summed E-state index contributed by atoms with van der Waals surface area (Å²) < 4.78 is 73.2. The van der Waals surface area contributed by atoms with E-state index in [9.17, 15) is 27.2 Å². The number of carbonyl (C=O) groups is 3. The second kappa shape index (κ2) is 17.6. The number of anilines is 2. The van der Waals surface area contributed by atoms with Crippen LogP contribution in [0.15, 0.2) is 85.3 Å². The highest BCUT2D eigenvalue weighted by atomic mass is 32.2. The van der Waals surface area contributed by atoms with Crippen LogP contribution in [0.25, 0.3) is 22.2 Å². The Kier molecular flexibility index (Phi) is 11.7. The summed E-state index contributed by atoms with van der Waals surface area (Å²) in [4.78, 5) is 53.7. The molecule has 0 spiro atoms. The Morgan fingerprint density at radius 2 is 1.67 bits per heavy atom. The molecule has 4 fully saturated rings. The van der Waals surface area contributed by atoms with Gasteiger partial charge in [-0.15, -0.1) is 0 Å². The topological polar surface area (TPSA) is 151 Å². The fraction of sp³-hybridized carbons (Fsp3) is 0.388. The lowest BCUT2D eigenvalue weighted by atomic mass is 9.87. The van der Waals surface area contributed by atoms with Crippen LogP contribution >= 0.6 is 0 Å². The highest BCUT2D eigenvalue weighted by Gasteiger charge is 2.39. The number of piperidine rings is 3. The molecule has 3 N–H and O–H groups in total. The Balaban J connectivity index is 0.730. The predicted octanol–water partition coefficient (Wildman–Crippen LogP) is 7.28. The molecular weight excluding hydrogens is 870 g/mol. The van der Waals surface area contributed by atoms with Crippen LogP contribution in [0.1, 0.15) is 88.3 Å². The molecule has 4 saturated heterocycles. The van der Waals surface area contributed by atoms with Crippen molar-refractivity contribution in [1.29, 1.82) is 0 Å². The fourth-order valence-electron chi connectivity index (χ4n) is 10.4. The standard InChI is InChI=1S/C49H51F3N8O5S/c1-29-2-11-43(48(62)55-29)60-27-35-22-33(5-8-38(35)49(60)63)32-14-17-57(18-15-32)26-30-12-19-58(20-13-30)37-6-3-31(4-7-37)34-23-39-40(25-54-47(39)53-24-34)46(61)44-41(51)9-10-42(45(44)52)56-66(64,65)59-21-16-36(50)28-59/h3-10,22-25,30,32,36,43,56H,1-2,11-21,26-28H2,(H,53,54)(H,55,62)/t36-,43?/m1/s1. The number of carbonyl (C=O) groups excluding carboxylic acids is 3. The number of rotatable bonds is 11. The third-order valence-corrected chi connectivity index (χ3v) is 15.7. The van der Waals surface area contributed by atoms with Gasteiger partial charge in [0.2, 0.25) is 11.7 Å². The van der Waals surface area contributed by atoms with Crippen molar-refractivity contribution in [2.24, 2.45) is 5.92 Å². The number of likely N-dealkylation sites (tertiary alicyclic amines) is 1. The summed E-state index contributed by atoms with van der Waals surface area (Å²) in [5, 5.41) is 3.16. The van der Waals surface area contributed by atoms with Gasteiger partial charge < -0.3 is 25.0 Å². The van der Waals surface area contributed by atoms with E-state index in [1.807, 2.05) is 22.9 Å². The van der Waals surface area contributed by atoms with Crippen molar-refractivity contribution in [3.63, 3.8) is 0 Å². The van der Waals surface area contributed by atoms with E-state index in [0.29, 0.717) is 59.1 Å². The minimum atomic E-state index is -4.35. The van der Waals surface area contributed by atoms with Crippen LogP contribution in [0.3, 0.4) is 0 Å². The third-order valence-electron chi connectivity index (χ3n) is 14.2. The van der Waals surface area contributed by atoms with Gasteiger partial charge >= 0.3 is 10.2 Å². The molecule has 0 radical (unpaired) electrons. The summed E-state index contributed by atoms with van der Waals surface area (Å²) in [6.45, 7) is 8.89. The molecule has 0 bridgehead atoms. The number of aromatic amines is 1. The maximum atomic E-state index is 15.8. The molecule has 13 nitrogen and oxygen atoms in total. The second-order valence-corrected chi connectivity index (χ2v) is 20.0. The van der Waals surface area contributed by atoms with Crippen LogP contribution in [0, 0.1) is 17.6 Å². The van der Waals surface area contributed by atoms with Gasteiger partial charge in [0.1, 0.15) is 23.7 Å². The molecule has 0 aliphatic carbocycles. The highest BCUT2D eigenvalue weighted by Crippen LogP contribution is 2.36. The van der Waals surface area contributed by atoms with Gasteiger partial charge in [-0.05, 0) is 123 Å². The normalized spacial score (nSPS) is 21.5. The number of H-pyrrole nitrogens is 1. The lowest BCUT2D eigenvalue weighted by Gasteiger charge is -2.38. The molecule has 7 heterocycles. The van der Waals surface area contributed by atoms with Crippen LogP contribution in [-0.2, 0) is 21.5 Å². The summed E-state index contributed by atoms with van der Waals surface area (Å²) in [5.74, 6) is -2.70. The minimum absolute atomic E-state index is 0.00776. The molecule has 344 valence electrons. The first-order valence-corrected chi connectivity index (χ1v) is 24.2. The van der Waals surface area contributed by atoms with Crippen molar-refractivity contribution in [3.05, 3.63) is 125 Å². The molecule has 17 heteroatoms. The third kappa shape index (κ3) is 8.47. The lowest BCUT2D eigenvalue weighted by molar-refractivity contribution is -0.126. The molecule has 10 rings (SSSR count). The van der Waals surface area contributed by atoms with Crippen molar-refractivity contribution in [3.8, 4) is 11.1 Å². The van der Waals surface area contributed by atoms with Crippen molar-refractivity contribution >= 4 is 50.2 Å². The van der Waals surface area contributed by atoms with Crippen LogP contribution in [0.2, 0.25) is 0 Å². The smallest absolute Gasteiger partial charge is 0.301 e. The summed E-state index contributed by atoms with van der Waals surface area (Å²) in [6, 6.07) is 17.4. The van der Waals surface area contributed by atoms with Gasteiger partial charge in [0.25, 0.3) is 5.91 Å². The molecule has 0 saturated carbocycles. The fourth-order valence-corrected chi connectivity index (χ4v) is 11.7. The summed E-state index contributed by atoms with van der Waals surface area (Å²) in [7, 11) is -4.35. The molecule has 2 atom stereocenters. The van der Waals surface area contributed by atoms with Gasteiger partial charge in [0.05, 0.1) is 11.3 Å². The zero-order valence-electron chi connectivity index (χ0n) is 36.4. The SMILES string of the molecule is C=C1CCC(N2Cc3cc(C4CCN(CC5CCN(c6ccc(-c7cnc8[nH]cc(C(=O)c9c(F)ccc(NS(=O)(=O)N%10CC[C@@H](F)C%10)c9F)c8c7)cc6)CC5)CC4)ccc3C2=O)C(=O)N1. The first-order chi connectivity index (χ1) is 31.8. The predicted molar refractivity (Wildman–Crippen MR) is 245 cm³/mol. The van der Waals surface area contributed by atoms with E-state index >= 15 is 8.78 Å². The number of halogens is 3. The van der Waals surface area contributed by atoms with Gasteiger partial charge in [0, 0.05) is 85.1 Å². The zero-order chi connectivity index (χ0) is 45.9. The summed E-state index contributed by atoms with van der Waals surface area (Å²) >= 11 is 0. The number of hydrogen-bond donors (Lipinski definition) is 3. The molecule has 1 unspecified atom stereocenters. The number of alkyl halides is 1. The van der Waals surface area contributed by atoms with E-state index in [-0.39, 0.29) is 36.9 Å². The highest BCUT2D eigenvalue weighted by molar-refractivity contribution is 7.90. The summed E-state index contributed by atoms with van der Waals surface area (Å²) in [6.07, 6.45) is 7.24. The number of hydrogen-bond acceptors (Lipinski definition) is 8. The molecule has 5 aliphatic rings. The maximum absolute atomic E-state index is 15.8. The van der Waals surface area contributed by atoms with Gasteiger partial charge in [-0.2, -0.15) is 12.7 Å². The number of amides is 2. The average molecular weight is 921 g/mol. The Labute approximate surface area is 381 Å². The van der Waals surface area contributed by atoms with Crippen LogP contribution < -0.4 is 14.9 Å². The Hall–Kier alpha value is -6.04. The Bertz CT molecular complexity index is 2860. The van der Waals surface area contributed by atoms with Crippen molar-refractivity contribution in [2.45, 2.75) is 69.6 Å². The lowest BCUT2D eigenvalue weighted by Crippen LogP contribution is -2.49. The number of nitrogens with one attached hydrogen (secondary N) is 3. The molecule has 5 aromatic rings. The maximum Gasteiger partial charge on any atom is 0.301 e. The van der Waals surface area contributed by atoms with Crippen LogP contribution in [-0.4, -0.2) is 108 Å². The number of aromatic nitrogens is 2. The van der Waals surface area contributed by atoms with Gasteiger partial charge in [0.15, 0.2) is 5.82 Å². The van der Waals surface area contributed by atoms with Gasteiger partial charge in [-0.25, -0.2) is 18.2 Å². The molecule has 2 aromatic heterocycles. The molecule has 5 aliphatic heterocycles. The number of benzene rings is 3. The molecular formula is C49H51F3N8O5S. The van der Waals surface area contributed by atoms with Crippen molar-refractivity contribution < 1.29 is 36.0 Å². The average Bonchev–Trinajstić information content (AvgIpc) is 4.04. The van der Waals surface area contributed by atoms with Gasteiger partial charge in [-0.1, -0.05) is 30.8 Å². The van der Waals surface area contributed by atoms with Crippen LogP contribution in [0.5, 0.6) is 0 Å². The second-order valence-electron chi connectivity index (χ2n) is 18.3. The van der Waals surface area contributed by atoms with Gasteiger partial charge in [-0.3, -0.25) is 19.1 Å². The van der Waals surface area contributed by atoms with E-state index in [0.717, 1.165) is 91.7 Å². The number of allylic oxidation sites excluding steroid dienone is 1. The van der Waals surface area contributed by atoms with Crippen molar-refractivity contribution in [1.82, 2.24) is 29.4 Å². The first-order valence-electron chi connectivity index (χ1n) is 22.7. The van der Waals surface area contributed by atoms with Crippen LogP contribution in [0.4, 0.5) is 24.5 Å². The monoisotopic (exact) mass is 920 g/mol. The Morgan fingerprint density at radius 1 is 0.894 bits per heavy atom. The summed E-state index contributed by atoms with van der Waals surface area (Å²) in [5.41, 5.74) is 5.10. The zero-order valence-corrected chi connectivity index (χ0v) is 37.2.